The number of imidazole rings is 1. The lowest BCUT2D eigenvalue weighted by Gasteiger charge is -2.30. The summed E-state index contributed by atoms with van der Waals surface area (Å²) in [5.41, 5.74) is 18.7. The number of thioether (sulfide) groups is 1. The lowest BCUT2D eigenvalue weighted by molar-refractivity contribution is -0.142. The van der Waals surface area contributed by atoms with Crippen LogP contribution in [0.3, 0.4) is 0 Å². The van der Waals surface area contributed by atoms with Crippen LogP contribution < -0.4 is 75.7 Å². The zero-order chi connectivity index (χ0) is 74.3. The Hall–Kier alpha value is -9.05. The molecule has 2 aromatic rings. The van der Waals surface area contributed by atoms with Crippen LogP contribution in [0.4, 0.5) is 0 Å². The molecular formula is C66H103N17O16S. The molecular weight excluding hydrogens is 1320 g/mol. The molecule has 554 valence electrons. The third kappa shape index (κ3) is 27.6. The standard InChI is InChI=1S/C66H103N17O16S/c1-9-35(6)52(69)66-81-48(32-100-66)63(97)76-43(26-34(4)5)59(93)74-42(22-23-50(85)86)58(92)83-53(36(7)10-2)64(98)75-40-20-15-16-25-71-55(89)46(29-49(68)84)78-62(96)47(30-51(87)88)79-61(95)45(28-39-31-70-33-72-39)77-60(94)44(27-38-18-13-12-14-19-38)80-65(99)54(37(8)11-3)82-57(91)41(21-17-24-67)73-56(40)90/h12-14,18-19,31,33-37,40-48,52-54H,9-11,15-17,20-30,32,67,69H2,1-8H3,(H2,68,84)(H,70,72)(H,71,89)(H,73,90)(H,74,93)(H,75,98)(H,76,97)(H,77,94)(H,78,96)(H,79,95)(H,80,99)(H,82,91)(H,83,92)(H,85,86)(H,87,88)/t35-,36-,37-,40-,41+,42+,43-,44+,45-,46-,47+,48-,52-,53?,54-/m0/s1. The van der Waals surface area contributed by atoms with E-state index >= 15 is 0 Å². The first-order valence-corrected chi connectivity index (χ1v) is 35.1. The summed E-state index contributed by atoms with van der Waals surface area (Å²) in [4.78, 5) is 207. The Morgan fingerprint density at radius 2 is 1.26 bits per heavy atom. The Balaban J connectivity index is 1.77. The van der Waals surface area contributed by atoms with E-state index in [0.29, 0.717) is 16.3 Å². The van der Waals surface area contributed by atoms with Crippen molar-refractivity contribution in [2.45, 2.75) is 224 Å². The van der Waals surface area contributed by atoms with E-state index in [-0.39, 0.29) is 94.9 Å². The lowest BCUT2D eigenvalue weighted by atomic mass is 9.96. The van der Waals surface area contributed by atoms with Crippen LogP contribution in [0.25, 0.3) is 0 Å². The number of benzene rings is 1. The maximum absolute atomic E-state index is 14.9. The third-order valence-electron chi connectivity index (χ3n) is 17.5. The smallest absolute Gasteiger partial charge is 0.305 e. The summed E-state index contributed by atoms with van der Waals surface area (Å²) in [7, 11) is 0. The quantitative estimate of drug-likeness (QED) is 0.0401. The fraction of sp³-hybridized carbons (Fsp3) is 0.636. The van der Waals surface area contributed by atoms with E-state index < -0.39 is 193 Å². The van der Waals surface area contributed by atoms with Gasteiger partial charge in [0.2, 0.25) is 70.9 Å². The molecule has 4 rings (SSSR count). The Bertz CT molecular complexity index is 3160. The summed E-state index contributed by atoms with van der Waals surface area (Å²) < 4.78 is 0. The van der Waals surface area contributed by atoms with E-state index in [1.807, 2.05) is 27.7 Å². The average Bonchev–Trinajstić information content (AvgIpc) is 1.41. The summed E-state index contributed by atoms with van der Waals surface area (Å²) in [6.07, 6.45) is 0.368. The predicted molar refractivity (Wildman–Crippen MR) is 369 cm³/mol. The number of carboxylic acid groups (broad SMARTS) is 2. The molecule has 2 aliphatic rings. The number of aliphatic carboxylic acids is 2. The van der Waals surface area contributed by atoms with Crippen molar-refractivity contribution in [1.29, 1.82) is 0 Å². The third-order valence-corrected chi connectivity index (χ3v) is 18.6. The van der Waals surface area contributed by atoms with Gasteiger partial charge in [-0.05, 0) is 80.7 Å². The highest BCUT2D eigenvalue weighted by atomic mass is 32.2. The number of carboxylic acids is 2. The van der Waals surface area contributed by atoms with Crippen LogP contribution >= 0.6 is 11.8 Å². The average molecular weight is 1420 g/mol. The summed E-state index contributed by atoms with van der Waals surface area (Å²) in [5, 5.41) is 49.1. The number of primary amides is 1. The molecule has 15 atom stereocenters. The van der Waals surface area contributed by atoms with Gasteiger partial charge in [-0.3, -0.25) is 72.1 Å². The number of nitrogens with two attached hydrogens (primary N) is 3. The number of nitrogens with zero attached hydrogens (tertiary/aromatic N) is 2. The Labute approximate surface area is 586 Å². The number of carbonyl (C=O) groups is 14. The Morgan fingerprint density at radius 1 is 0.660 bits per heavy atom. The molecule has 0 aliphatic carbocycles. The minimum Gasteiger partial charge on any atom is -0.481 e. The monoisotopic (exact) mass is 1420 g/mol. The van der Waals surface area contributed by atoms with Crippen LogP contribution in [-0.4, -0.2) is 199 Å². The largest absolute Gasteiger partial charge is 0.481 e. The summed E-state index contributed by atoms with van der Waals surface area (Å²) in [6, 6.07) is -8.34. The number of aromatic nitrogens is 2. The number of carbonyl (C=O) groups excluding carboxylic acids is 12. The Kier molecular flexibility index (Phi) is 35.1. The van der Waals surface area contributed by atoms with Gasteiger partial charge < -0.3 is 90.9 Å². The molecule has 0 bridgehead atoms. The van der Waals surface area contributed by atoms with E-state index in [4.69, 9.17) is 17.2 Å². The first-order valence-electron chi connectivity index (χ1n) is 34.1. The molecule has 20 N–H and O–H groups in total. The molecule has 0 saturated carbocycles. The number of hydrogen-bond acceptors (Lipinski definition) is 19. The highest BCUT2D eigenvalue weighted by Crippen LogP contribution is 2.25. The van der Waals surface area contributed by atoms with Gasteiger partial charge in [-0.25, -0.2) is 4.98 Å². The van der Waals surface area contributed by atoms with E-state index in [9.17, 15) is 77.3 Å². The minimum atomic E-state index is -1.94. The van der Waals surface area contributed by atoms with Crippen molar-refractivity contribution in [2.24, 2.45) is 45.9 Å². The van der Waals surface area contributed by atoms with Crippen molar-refractivity contribution < 1.29 is 77.3 Å². The highest BCUT2D eigenvalue weighted by Gasteiger charge is 2.40. The zero-order valence-electron chi connectivity index (χ0n) is 58.2. The fourth-order valence-electron chi connectivity index (χ4n) is 10.9. The Morgan fingerprint density at radius 3 is 1.85 bits per heavy atom. The lowest BCUT2D eigenvalue weighted by Crippen LogP contribution is -2.62. The number of H-pyrrole nitrogens is 1. The molecule has 100 heavy (non-hydrogen) atoms. The minimum absolute atomic E-state index is 0.00117. The second-order valence-corrected chi connectivity index (χ2v) is 27.0. The second kappa shape index (κ2) is 42.1. The fourth-order valence-corrected chi connectivity index (χ4v) is 12.0. The maximum atomic E-state index is 14.9. The van der Waals surface area contributed by atoms with Crippen LogP contribution in [0.2, 0.25) is 0 Å². The first-order chi connectivity index (χ1) is 47.4. The van der Waals surface area contributed by atoms with Crippen LogP contribution in [0.1, 0.15) is 150 Å². The van der Waals surface area contributed by atoms with Gasteiger partial charge in [0.15, 0.2) is 0 Å². The summed E-state index contributed by atoms with van der Waals surface area (Å²) in [5.74, 6) is -15.4. The molecule has 2 aliphatic heterocycles. The number of nitrogens with one attached hydrogen (secondary N) is 12. The van der Waals surface area contributed by atoms with Gasteiger partial charge in [0.1, 0.15) is 66.5 Å². The second-order valence-electron chi connectivity index (χ2n) is 26.0. The molecule has 34 heteroatoms. The SMILES string of the molecule is CC[C@H](C)C(NC(=O)[C@@H](CCC(=O)O)NC(=O)[C@H](CC(C)C)NC(=O)[C@@H]1CSC([C@@H](N)[C@@H](C)CC)=N1)C(=O)N[C@H]1CCCCNC(=O)[C@H](CC(N)=O)NC(=O)[C@@H](CC(=O)O)NC(=O)[C@H](Cc2cnc[nH]2)NC(=O)[C@@H](Cc2ccccc2)NC(=O)[C@H]([C@@H](C)CC)NC(=O)[C@@H](CCCN)NC1=O. The van der Waals surface area contributed by atoms with Gasteiger partial charge >= 0.3 is 11.9 Å². The van der Waals surface area contributed by atoms with Crippen LogP contribution in [-0.2, 0) is 80.0 Å². The van der Waals surface area contributed by atoms with E-state index in [1.165, 1.54) is 24.3 Å². The van der Waals surface area contributed by atoms with E-state index in [0.717, 1.165) is 6.42 Å². The van der Waals surface area contributed by atoms with Crippen molar-refractivity contribution in [3.63, 3.8) is 0 Å². The molecule has 33 nitrogen and oxygen atoms in total. The molecule has 0 radical (unpaired) electrons. The van der Waals surface area contributed by atoms with Crippen molar-refractivity contribution in [3.8, 4) is 0 Å². The molecule has 1 saturated heterocycles. The maximum Gasteiger partial charge on any atom is 0.305 e. The highest BCUT2D eigenvalue weighted by molar-refractivity contribution is 8.14. The van der Waals surface area contributed by atoms with E-state index in [2.05, 4.69) is 73.4 Å². The van der Waals surface area contributed by atoms with Crippen LogP contribution in [0, 0.1) is 23.7 Å². The van der Waals surface area contributed by atoms with Gasteiger partial charge in [0.25, 0.3) is 0 Å². The van der Waals surface area contributed by atoms with Gasteiger partial charge in [-0.15, -0.1) is 11.8 Å². The molecule has 12 amide bonds. The van der Waals surface area contributed by atoms with E-state index in [1.54, 1.807) is 58.0 Å². The number of rotatable bonds is 31. The van der Waals surface area contributed by atoms with Gasteiger partial charge in [-0.2, -0.15) is 0 Å². The molecule has 1 aromatic carbocycles. The van der Waals surface area contributed by atoms with Crippen LogP contribution in [0.5, 0.6) is 0 Å². The molecule has 1 unspecified atom stereocenters. The number of hydrogen-bond donors (Lipinski definition) is 17. The van der Waals surface area contributed by atoms with Crippen LogP contribution in [0.15, 0.2) is 47.8 Å². The molecule has 1 fully saturated rings. The van der Waals surface area contributed by atoms with Gasteiger partial charge in [0.05, 0.1) is 30.3 Å². The van der Waals surface area contributed by atoms with Crippen molar-refractivity contribution in [1.82, 2.24) is 68.5 Å². The first kappa shape index (κ1) is 83.4. The van der Waals surface area contributed by atoms with Crippen molar-refractivity contribution in [3.05, 3.63) is 54.1 Å². The number of amides is 12. The molecule has 1 aromatic heterocycles. The van der Waals surface area contributed by atoms with Gasteiger partial charge in [0, 0.05) is 43.5 Å². The molecule has 3 heterocycles. The number of aliphatic imine (C=N–C) groups is 1. The zero-order valence-corrected chi connectivity index (χ0v) is 59.0. The van der Waals surface area contributed by atoms with Gasteiger partial charge in [-0.1, -0.05) is 105 Å². The predicted octanol–water partition coefficient (Wildman–Crippen LogP) is -1.68. The topological polar surface area (TPSA) is 531 Å². The molecule has 0 spiro atoms. The summed E-state index contributed by atoms with van der Waals surface area (Å²) >= 11 is 1.35. The summed E-state index contributed by atoms with van der Waals surface area (Å²) in [6.45, 7) is 14.1. The number of aromatic amines is 1. The normalized spacial score (nSPS) is 23.1. The van der Waals surface area contributed by atoms with Crippen molar-refractivity contribution in [2.75, 3.05) is 18.8 Å². The van der Waals surface area contributed by atoms with Crippen molar-refractivity contribution >= 4 is 99.6 Å².